The van der Waals surface area contributed by atoms with Crippen molar-refractivity contribution in [3.8, 4) is 11.3 Å². The Kier molecular flexibility index (Phi) is 5.48. The molecule has 0 radical (unpaired) electrons. The van der Waals surface area contributed by atoms with Gasteiger partial charge in [0.15, 0.2) is 5.13 Å². The van der Waals surface area contributed by atoms with E-state index in [0.29, 0.717) is 16.3 Å². The zero-order valence-electron chi connectivity index (χ0n) is 12.1. The molecular weight excluding hydrogens is 446 g/mol. The van der Waals surface area contributed by atoms with E-state index in [1.165, 1.54) is 12.1 Å². The van der Waals surface area contributed by atoms with Gasteiger partial charge in [0.2, 0.25) is 0 Å². The van der Waals surface area contributed by atoms with Crippen molar-refractivity contribution in [1.29, 1.82) is 0 Å². The molecule has 0 aliphatic carbocycles. The zero-order chi connectivity index (χ0) is 18.2. The quantitative estimate of drug-likeness (QED) is 0.476. The molecule has 0 bridgehead atoms. The maximum atomic E-state index is 12.5. The number of hydrogen-bond acceptors (Lipinski definition) is 4. The molecule has 10 heteroatoms. The highest BCUT2D eigenvalue weighted by atomic mass is 35.5. The van der Waals surface area contributed by atoms with Gasteiger partial charge >= 0.3 is 0 Å². The van der Waals surface area contributed by atoms with Crippen LogP contribution in [0.1, 0.15) is 0 Å². The normalized spacial score (nSPS) is 11.5. The monoisotopic (exact) mass is 452 g/mol. The highest BCUT2D eigenvalue weighted by Crippen LogP contribution is 2.36. The Hall–Kier alpha value is -1.02. The van der Waals surface area contributed by atoms with Crippen molar-refractivity contribution in [2.45, 2.75) is 4.90 Å². The third-order valence-electron chi connectivity index (χ3n) is 3.16. The first-order valence-corrected chi connectivity index (χ1v) is 10.5. The molecule has 1 heterocycles. The molecule has 0 fully saturated rings. The molecule has 4 nitrogen and oxygen atoms in total. The Balaban J connectivity index is 1.93. The van der Waals surface area contributed by atoms with Gasteiger partial charge in [0.05, 0.1) is 20.8 Å². The molecule has 2 aromatic carbocycles. The van der Waals surface area contributed by atoms with Crippen molar-refractivity contribution < 1.29 is 8.42 Å². The number of thiazole rings is 1. The van der Waals surface area contributed by atoms with Gasteiger partial charge in [0, 0.05) is 16.0 Å². The molecule has 3 aromatic rings. The van der Waals surface area contributed by atoms with E-state index in [4.69, 9.17) is 46.4 Å². The van der Waals surface area contributed by atoms with Gasteiger partial charge in [-0.3, -0.25) is 4.72 Å². The lowest BCUT2D eigenvalue weighted by atomic mass is 10.2. The Morgan fingerprint density at radius 3 is 2.36 bits per heavy atom. The molecule has 0 spiro atoms. The lowest BCUT2D eigenvalue weighted by Crippen LogP contribution is -2.13. The summed E-state index contributed by atoms with van der Waals surface area (Å²) >= 11 is 25.0. The van der Waals surface area contributed by atoms with Crippen LogP contribution in [0.3, 0.4) is 0 Å². The van der Waals surface area contributed by atoms with Crippen LogP contribution in [0.15, 0.2) is 46.7 Å². The van der Waals surface area contributed by atoms with Gasteiger partial charge in [-0.2, -0.15) is 0 Å². The summed E-state index contributed by atoms with van der Waals surface area (Å²) in [6.45, 7) is 0. The summed E-state index contributed by atoms with van der Waals surface area (Å²) in [4.78, 5) is 4.08. The molecule has 25 heavy (non-hydrogen) atoms. The number of sulfonamides is 1. The number of rotatable bonds is 4. The van der Waals surface area contributed by atoms with E-state index in [0.717, 1.165) is 11.3 Å². The van der Waals surface area contributed by atoms with Crippen molar-refractivity contribution in [2.24, 2.45) is 0 Å². The van der Waals surface area contributed by atoms with Crippen LogP contribution in [0.25, 0.3) is 11.3 Å². The van der Waals surface area contributed by atoms with E-state index in [1.54, 1.807) is 23.6 Å². The van der Waals surface area contributed by atoms with E-state index in [1.807, 2.05) is 6.07 Å². The summed E-state index contributed by atoms with van der Waals surface area (Å²) < 4.78 is 27.5. The minimum atomic E-state index is -3.97. The van der Waals surface area contributed by atoms with Crippen LogP contribution >= 0.6 is 57.7 Å². The van der Waals surface area contributed by atoms with Gasteiger partial charge in [-0.05, 0) is 18.2 Å². The van der Waals surface area contributed by atoms with E-state index in [9.17, 15) is 8.42 Å². The zero-order valence-corrected chi connectivity index (χ0v) is 16.8. The predicted molar refractivity (Wildman–Crippen MR) is 105 cm³/mol. The second-order valence-electron chi connectivity index (χ2n) is 4.80. The molecule has 3 rings (SSSR count). The highest BCUT2D eigenvalue weighted by molar-refractivity contribution is 7.93. The molecule has 0 saturated heterocycles. The first-order chi connectivity index (χ1) is 11.8. The summed E-state index contributed by atoms with van der Waals surface area (Å²) in [5.41, 5.74) is 1.27. The van der Waals surface area contributed by atoms with Crippen LogP contribution in [-0.4, -0.2) is 13.4 Å². The molecule has 0 saturated carbocycles. The Morgan fingerprint density at radius 1 is 0.920 bits per heavy atom. The number of aromatic nitrogens is 1. The SMILES string of the molecule is O=S(=O)(Nc1nc(-c2ccccc2Cl)cs1)c1ccc(Cl)c(Cl)c1Cl. The van der Waals surface area contributed by atoms with Crippen LogP contribution in [0.4, 0.5) is 5.13 Å². The average molecular weight is 454 g/mol. The molecule has 0 atom stereocenters. The fraction of sp³-hybridized carbons (Fsp3) is 0. The lowest BCUT2D eigenvalue weighted by Gasteiger charge is -2.09. The minimum absolute atomic E-state index is 0.0258. The van der Waals surface area contributed by atoms with E-state index in [2.05, 4.69) is 9.71 Å². The maximum absolute atomic E-state index is 12.5. The first-order valence-electron chi connectivity index (χ1n) is 6.66. The van der Waals surface area contributed by atoms with Gasteiger partial charge in [0.1, 0.15) is 4.90 Å². The van der Waals surface area contributed by atoms with Crippen LogP contribution in [0.5, 0.6) is 0 Å². The van der Waals surface area contributed by atoms with Crippen LogP contribution in [0, 0.1) is 0 Å². The topological polar surface area (TPSA) is 59.1 Å². The fourth-order valence-corrected chi connectivity index (χ4v) is 5.17. The number of benzene rings is 2. The minimum Gasteiger partial charge on any atom is -0.255 e. The molecule has 1 aromatic heterocycles. The van der Waals surface area contributed by atoms with Crippen molar-refractivity contribution >= 4 is 72.9 Å². The summed E-state index contributed by atoms with van der Waals surface area (Å²) in [6, 6.07) is 9.79. The number of anilines is 1. The molecule has 130 valence electrons. The number of nitrogens with zero attached hydrogens (tertiary/aromatic N) is 1. The Morgan fingerprint density at radius 2 is 1.64 bits per heavy atom. The molecule has 1 N–H and O–H groups in total. The summed E-state index contributed by atoms with van der Waals surface area (Å²) in [5.74, 6) is 0. The molecular formula is C15H8Cl4N2O2S2. The van der Waals surface area contributed by atoms with Crippen molar-refractivity contribution in [1.82, 2.24) is 4.98 Å². The Labute approximate surface area is 168 Å². The lowest BCUT2D eigenvalue weighted by molar-refractivity contribution is 0.601. The Bertz CT molecular complexity index is 1050. The fourth-order valence-electron chi connectivity index (χ4n) is 2.00. The maximum Gasteiger partial charge on any atom is 0.265 e. The van der Waals surface area contributed by atoms with Crippen molar-refractivity contribution in [3.63, 3.8) is 0 Å². The predicted octanol–water partition coefficient (Wildman–Crippen LogP) is 6.22. The van der Waals surface area contributed by atoms with Gasteiger partial charge < -0.3 is 0 Å². The van der Waals surface area contributed by atoms with Gasteiger partial charge in [-0.1, -0.05) is 64.6 Å². The first kappa shape index (κ1) is 18.8. The third-order valence-corrected chi connectivity index (χ3v) is 7.17. The highest BCUT2D eigenvalue weighted by Gasteiger charge is 2.22. The van der Waals surface area contributed by atoms with Crippen molar-refractivity contribution in [2.75, 3.05) is 4.72 Å². The van der Waals surface area contributed by atoms with E-state index in [-0.39, 0.29) is 25.1 Å². The molecule has 0 aliphatic rings. The van der Waals surface area contributed by atoms with Gasteiger partial charge in [0.25, 0.3) is 10.0 Å². The van der Waals surface area contributed by atoms with Gasteiger partial charge in [-0.25, -0.2) is 13.4 Å². The van der Waals surface area contributed by atoms with Crippen molar-refractivity contribution in [3.05, 3.63) is 61.9 Å². The summed E-state index contributed by atoms with van der Waals surface area (Å²) in [5, 5.41) is 2.40. The summed E-state index contributed by atoms with van der Waals surface area (Å²) in [6.07, 6.45) is 0. The molecule has 0 unspecified atom stereocenters. The molecule has 0 amide bonds. The largest absolute Gasteiger partial charge is 0.265 e. The third kappa shape index (κ3) is 3.89. The van der Waals surface area contributed by atoms with E-state index >= 15 is 0 Å². The van der Waals surface area contributed by atoms with E-state index < -0.39 is 10.0 Å². The smallest absolute Gasteiger partial charge is 0.255 e. The number of nitrogens with one attached hydrogen (secondary N) is 1. The molecule has 0 aliphatic heterocycles. The average Bonchev–Trinajstić information content (AvgIpc) is 3.00. The van der Waals surface area contributed by atoms with Gasteiger partial charge in [-0.15, -0.1) is 11.3 Å². The second-order valence-corrected chi connectivity index (χ2v) is 8.88. The second kappa shape index (κ2) is 7.31. The number of hydrogen-bond donors (Lipinski definition) is 1. The number of halogens is 4. The van der Waals surface area contributed by atoms with Crippen LogP contribution in [-0.2, 0) is 10.0 Å². The summed E-state index contributed by atoms with van der Waals surface area (Å²) in [7, 11) is -3.97. The van der Waals surface area contributed by atoms with Crippen LogP contribution in [0.2, 0.25) is 20.1 Å². The van der Waals surface area contributed by atoms with Crippen LogP contribution < -0.4 is 4.72 Å². The standard InChI is InChI=1S/C15H8Cl4N2O2S2/c16-9-4-2-1-3-8(9)11-7-24-15(20-11)21-25(22,23)12-6-5-10(17)13(18)14(12)19/h1-7H,(H,20,21).